The Bertz CT molecular complexity index is 816. The second kappa shape index (κ2) is 10.6. The zero-order valence-electron chi connectivity index (χ0n) is 17.3. The van der Waals surface area contributed by atoms with E-state index in [4.69, 9.17) is 0 Å². The molecule has 6 nitrogen and oxygen atoms in total. The maximum absolute atomic E-state index is 13.3. The number of aliphatic hydroxyl groups excluding tert-OH is 4. The van der Waals surface area contributed by atoms with Crippen molar-refractivity contribution < 1.29 is 39.4 Å². The van der Waals surface area contributed by atoms with Gasteiger partial charge in [0.15, 0.2) is 0 Å². The standard InChI is InChI=1S/C23H30F2O6/c1-2-11-22(30,12-15-3-7-17(24)8-4-15)21(29)23(31,20(28)19(27)14-26)13-16-5-9-18(25)10-6-16/h3-10,19-21,26-31H,2,11-14H2,1H3/t19-,20+,21+,22?,23+/m0/s1. The lowest BCUT2D eigenvalue weighted by molar-refractivity contribution is -0.230. The van der Waals surface area contributed by atoms with Crippen molar-refractivity contribution in [2.75, 3.05) is 6.61 Å². The van der Waals surface area contributed by atoms with Crippen LogP contribution in [0.25, 0.3) is 0 Å². The molecule has 0 saturated carbocycles. The molecule has 0 fully saturated rings. The van der Waals surface area contributed by atoms with E-state index in [-0.39, 0.29) is 12.8 Å². The van der Waals surface area contributed by atoms with Crippen LogP contribution in [0, 0.1) is 11.6 Å². The highest BCUT2D eigenvalue weighted by Crippen LogP contribution is 2.35. The molecule has 6 N–H and O–H groups in total. The molecule has 31 heavy (non-hydrogen) atoms. The average molecular weight is 440 g/mol. The summed E-state index contributed by atoms with van der Waals surface area (Å²) in [5.41, 5.74) is -3.65. The largest absolute Gasteiger partial charge is 0.394 e. The van der Waals surface area contributed by atoms with Crippen LogP contribution in [0.15, 0.2) is 48.5 Å². The Morgan fingerprint density at radius 1 is 0.806 bits per heavy atom. The highest BCUT2D eigenvalue weighted by molar-refractivity contribution is 5.23. The molecule has 0 spiro atoms. The van der Waals surface area contributed by atoms with Gasteiger partial charge < -0.3 is 30.6 Å². The Labute approximate surface area is 180 Å². The van der Waals surface area contributed by atoms with E-state index >= 15 is 0 Å². The Balaban J connectivity index is 2.46. The summed E-state index contributed by atoms with van der Waals surface area (Å²) < 4.78 is 26.5. The Morgan fingerprint density at radius 3 is 1.68 bits per heavy atom. The van der Waals surface area contributed by atoms with Crippen LogP contribution in [0.2, 0.25) is 0 Å². The van der Waals surface area contributed by atoms with Gasteiger partial charge in [0.2, 0.25) is 0 Å². The molecule has 0 radical (unpaired) electrons. The van der Waals surface area contributed by atoms with Crippen LogP contribution >= 0.6 is 0 Å². The molecule has 0 aliphatic rings. The maximum atomic E-state index is 13.3. The summed E-state index contributed by atoms with van der Waals surface area (Å²) in [6.07, 6.45) is -6.02. The molecule has 2 aromatic carbocycles. The molecule has 2 aromatic rings. The molecule has 0 bridgehead atoms. The third-order valence-electron chi connectivity index (χ3n) is 5.55. The van der Waals surface area contributed by atoms with E-state index in [0.717, 1.165) is 12.1 Å². The minimum Gasteiger partial charge on any atom is -0.394 e. The predicted molar refractivity (Wildman–Crippen MR) is 110 cm³/mol. The van der Waals surface area contributed by atoms with Crippen molar-refractivity contribution >= 4 is 0 Å². The molecule has 8 heteroatoms. The molecule has 0 aliphatic carbocycles. The van der Waals surface area contributed by atoms with Gasteiger partial charge in [-0.25, -0.2) is 8.78 Å². The molecule has 172 valence electrons. The minimum atomic E-state index is -2.50. The van der Waals surface area contributed by atoms with Crippen LogP contribution in [-0.4, -0.2) is 66.8 Å². The average Bonchev–Trinajstić information content (AvgIpc) is 2.75. The highest BCUT2D eigenvalue weighted by atomic mass is 19.1. The Kier molecular flexibility index (Phi) is 8.65. The number of aliphatic hydroxyl groups is 6. The summed E-state index contributed by atoms with van der Waals surface area (Å²) in [6, 6.07) is 10.2. The molecular formula is C23H30F2O6. The fourth-order valence-corrected chi connectivity index (χ4v) is 3.90. The number of hydrogen-bond acceptors (Lipinski definition) is 6. The molecule has 0 heterocycles. The van der Waals surface area contributed by atoms with Crippen LogP contribution in [0.5, 0.6) is 0 Å². The molecule has 0 aliphatic heterocycles. The summed E-state index contributed by atoms with van der Waals surface area (Å²) in [7, 11) is 0. The summed E-state index contributed by atoms with van der Waals surface area (Å²) in [5.74, 6) is -1.000. The maximum Gasteiger partial charge on any atom is 0.126 e. The quantitative estimate of drug-likeness (QED) is 0.311. The van der Waals surface area contributed by atoms with Gasteiger partial charge in [0.05, 0.1) is 12.2 Å². The molecule has 1 unspecified atom stereocenters. The fourth-order valence-electron chi connectivity index (χ4n) is 3.90. The predicted octanol–water partition coefficient (Wildman–Crippen LogP) is 1.09. The van der Waals surface area contributed by atoms with Crippen LogP contribution < -0.4 is 0 Å². The van der Waals surface area contributed by atoms with Crippen molar-refractivity contribution in [3.63, 3.8) is 0 Å². The molecule has 0 saturated heterocycles. The number of rotatable bonds is 11. The van der Waals surface area contributed by atoms with E-state index < -0.39 is 54.2 Å². The first-order valence-electron chi connectivity index (χ1n) is 10.1. The van der Waals surface area contributed by atoms with Gasteiger partial charge in [0.25, 0.3) is 0 Å². The SMILES string of the molecule is CCCC(O)(Cc1ccc(F)cc1)[C@@H](O)[C@@](O)(Cc1ccc(F)cc1)[C@H](O)[C@@H](O)CO. The first kappa shape index (κ1) is 25.3. The zero-order chi connectivity index (χ0) is 23.2. The summed E-state index contributed by atoms with van der Waals surface area (Å²) in [4.78, 5) is 0. The van der Waals surface area contributed by atoms with Crippen molar-refractivity contribution in [1.82, 2.24) is 0 Å². The van der Waals surface area contributed by atoms with Crippen molar-refractivity contribution in [2.45, 2.75) is 62.1 Å². The summed E-state index contributed by atoms with van der Waals surface area (Å²) >= 11 is 0. The van der Waals surface area contributed by atoms with E-state index in [1.165, 1.54) is 36.4 Å². The fraction of sp³-hybridized carbons (Fsp3) is 0.478. The lowest BCUT2D eigenvalue weighted by Crippen LogP contribution is -2.66. The van der Waals surface area contributed by atoms with Gasteiger partial charge in [0.1, 0.15) is 35.5 Å². The normalized spacial score (nSPS) is 18.6. The van der Waals surface area contributed by atoms with E-state index in [1.807, 2.05) is 0 Å². The third kappa shape index (κ3) is 6.06. The van der Waals surface area contributed by atoms with Crippen LogP contribution in [0.3, 0.4) is 0 Å². The number of halogens is 2. The van der Waals surface area contributed by atoms with Gasteiger partial charge in [-0.1, -0.05) is 37.6 Å². The monoisotopic (exact) mass is 440 g/mol. The van der Waals surface area contributed by atoms with Crippen molar-refractivity contribution in [3.8, 4) is 0 Å². The van der Waals surface area contributed by atoms with Crippen LogP contribution in [0.1, 0.15) is 30.9 Å². The van der Waals surface area contributed by atoms with Gasteiger partial charge in [-0.05, 0) is 41.8 Å². The van der Waals surface area contributed by atoms with Gasteiger partial charge >= 0.3 is 0 Å². The summed E-state index contributed by atoms with van der Waals surface area (Å²) in [5, 5.41) is 63.7. The van der Waals surface area contributed by atoms with Crippen molar-refractivity contribution in [3.05, 3.63) is 71.3 Å². The van der Waals surface area contributed by atoms with Gasteiger partial charge in [-0.15, -0.1) is 0 Å². The van der Waals surface area contributed by atoms with Gasteiger partial charge in [-0.2, -0.15) is 0 Å². The Hall–Kier alpha value is -1.94. The second-order valence-electron chi connectivity index (χ2n) is 8.05. The van der Waals surface area contributed by atoms with Crippen LogP contribution in [-0.2, 0) is 12.8 Å². The van der Waals surface area contributed by atoms with E-state index in [0.29, 0.717) is 17.5 Å². The first-order chi connectivity index (χ1) is 14.6. The minimum absolute atomic E-state index is 0.0131. The number of benzene rings is 2. The smallest absolute Gasteiger partial charge is 0.126 e. The first-order valence-corrected chi connectivity index (χ1v) is 10.1. The zero-order valence-corrected chi connectivity index (χ0v) is 17.3. The lowest BCUT2D eigenvalue weighted by atomic mass is 9.71. The van der Waals surface area contributed by atoms with Crippen LogP contribution in [0.4, 0.5) is 8.78 Å². The highest BCUT2D eigenvalue weighted by Gasteiger charge is 2.53. The molecular weight excluding hydrogens is 410 g/mol. The molecule has 5 atom stereocenters. The molecule has 0 amide bonds. The third-order valence-corrected chi connectivity index (χ3v) is 5.55. The van der Waals surface area contributed by atoms with E-state index in [2.05, 4.69) is 0 Å². The van der Waals surface area contributed by atoms with E-state index in [9.17, 15) is 39.4 Å². The second-order valence-corrected chi connectivity index (χ2v) is 8.05. The topological polar surface area (TPSA) is 121 Å². The van der Waals surface area contributed by atoms with Gasteiger partial charge in [-0.3, -0.25) is 0 Å². The van der Waals surface area contributed by atoms with Gasteiger partial charge in [0, 0.05) is 12.8 Å². The molecule has 2 rings (SSSR count). The van der Waals surface area contributed by atoms with Crippen molar-refractivity contribution in [2.24, 2.45) is 0 Å². The lowest BCUT2D eigenvalue weighted by Gasteiger charge is -2.46. The van der Waals surface area contributed by atoms with Crippen molar-refractivity contribution in [1.29, 1.82) is 0 Å². The summed E-state index contributed by atoms with van der Waals surface area (Å²) in [6.45, 7) is 0.851. The molecule has 0 aromatic heterocycles. The number of hydrogen-bond donors (Lipinski definition) is 6. The van der Waals surface area contributed by atoms with E-state index in [1.54, 1.807) is 6.92 Å². The Morgan fingerprint density at radius 2 is 1.26 bits per heavy atom.